The normalized spacial score (nSPS) is 15.4. The van der Waals surface area contributed by atoms with E-state index in [9.17, 15) is 9.59 Å². The van der Waals surface area contributed by atoms with Gasteiger partial charge in [0.2, 0.25) is 11.8 Å². The highest BCUT2D eigenvalue weighted by Gasteiger charge is 2.14. The fourth-order valence-corrected chi connectivity index (χ4v) is 2.85. The van der Waals surface area contributed by atoms with Gasteiger partial charge in [0.15, 0.2) is 0 Å². The lowest BCUT2D eigenvalue weighted by Gasteiger charge is -2.19. The summed E-state index contributed by atoms with van der Waals surface area (Å²) in [6, 6.07) is 5.57. The Hall–Kier alpha value is -2.08. The smallest absolute Gasteiger partial charge is 0.243 e. The summed E-state index contributed by atoms with van der Waals surface area (Å²) in [5, 5.41) is 5.47. The molecule has 1 aromatic carbocycles. The van der Waals surface area contributed by atoms with Crippen LogP contribution in [0.4, 0.5) is 5.69 Å². The van der Waals surface area contributed by atoms with Gasteiger partial charge in [-0.05, 0) is 50.6 Å². The number of nitrogens with one attached hydrogen (secondary N) is 2. The van der Waals surface area contributed by atoms with Crippen molar-refractivity contribution < 1.29 is 14.3 Å². The molecule has 0 aliphatic carbocycles. The Morgan fingerprint density at radius 3 is 2.50 bits per heavy atom. The summed E-state index contributed by atoms with van der Waals surface area (Å²) in [6.45, 7) is 4.18. The minimum Gasteiger partial charge on any atom is -0.495 e. The Morgan fingerprint density at radius 2 is 1.83 bits per heavy atom. The quantitative estimate of drug-likeness (QED) is 0.834. The summed E-state index contributed by atoms with van der Waals surface area (Å²) >= 11 is 0. The van der Waals surface area contributed by atoms with Gasteiger partial charge in [-0.15, -0.1) is 0 Å². The second-order valence-electron chi connectivity index (χ2n) is 6.22. The van der Waals surface area contributed by atoms with Crippen LogP contribution < -0.4 is 15.4 Å². The van der Waals surface area contributed by atoms with Crippen molar-refractivity contribution in [2.75, 3.05) is 38.6 Å². The van der Waals surface area contributed by atoms with E-state index in [0.717, 1.165) is 31.5 Å². The van der Waals surface area contributed by atoms with E-state index in [0.29, 0.717) is 18.0 Å². The van der Waals surface area contributed by atoms with E-state index in [4.69, 9.17) is 4.74 Å². The Labute approximate surface area is 143 Å². The third-order valence-corrected chi connectivity index (χ3v) is 4.14. The lowest BCUT2D eigenvalue weighted by molar-refractivity contribution is -0.125. The van der Waals surface area contributed by atoms with Crippen molar-refractivity contribution in [3.05, 3.63) is 23.8 Å². The average Bonchev–Trinajstić information content (AvgIpc) is 2.82. The van der Waals surface area contributed by atoms with Gasteiger partial charge >= 0.3 is 0 Å². The van der Waals surface area contributed by atoms with E-state index in [1.165, 1.54) is 12.8 Å². The highest BCUT2D eigenvalue weighted by molar-refractivity contribution is 5.96. The molecule has 1 aliphatic rings. The van der Waals surface area contributed by atoms with E-state index in [1.807, 2.05) is 25.1 Å². The number of amides is 2. The molecule has 0 saturated carbocycles. The summed E-state index contributed by atoms with van der Waals surface area (Å²) in [5.41, 5.74) is 1.64. The van der Waals surface area contributed by atoms with Gasteiger partial charge in [-0.2, -0.15) is 0 Å². The number of aryl methyl sites for hydroxylation is 1. The van der Waals surface area contributed by atoms with Crippen LogP contribution in [0.2, 0.25) is 0 Å². The molecule has 1 saturated heterocycles. The molecule has 1 aromatic rings. The SMILES string of the molecule is COc1ccc(C)cc1NC(=O)CNC(=O)CN1CCCCCC1. The Morgan fingerprint density at radius 1 is 1.12 bits per heavy atom. The highest BCUT2D eigenvalue weighted by atomic mass is 16.5. The first-order valence-corrected chi connectivity index (χ1v) is 8.52. The largest absolute Gasteiger partial charge is 0.495 e. The number of hydrogen-bond acceptors (Lipinski definition) is 4. The number of likely N-dealkylation sites (tertiary alicyclic amines) is 1. The summed E-state index contributed by atoms with van der Waals surface area (Å²) < 4.78 is 5.23. The monoisotopic (exact) mass is 333 g/mol. The van der Waals surface area contributed by atoms with Crippen LogP contribution in [0.25, 0.3) is 0 Å². The minimum atomic E-state index is -0.261. The lowest BCUT2D eigenvalue weighted by atomic mass is 10.2. The molecular weight excluding hydrogens is 306 g/mol. The molecule has 2 N–H and O–H groups in total. The van der Waals surface area contributed by atoms with Crippen molar-refractivity contribution in [3.8, 4) is 5.75 Å². The van der Waals surface area contributed by atoms with Crippen LogP contribution in [0.3, 0.4) is 0 Å². The van der Waals surface area contributed by atoms with Crippen LogP contribution in [-0.4, -0.2) is 50.0 Å². The van der Waals surface area contributed by atoms with Gasteiger partial charge in [0.05, 0.1) is 25.9 Å². The maximum absolute atomic E-state index is 12.0. The van der Waals surface area contributed by atoms with Crippen LogP contribution in [0.1, 0.15) is 31.2 Å². The molecule has 6 nitrogen and oxygen atoms in total. The summed E-state index contributed by atoms with van der Waals surface area (Å²) in [4.78, 5) is 26.2. The van der Waals surface area contributed by atoms with Crippen LogP contribution in [0.5, 0.6) is 5.75 Å². The summed E-state index contributed by atoms with van der Waals surface area (Å²) in [6.07, 6.45) is 4.75. The van der Waals surface area contributed by atoms with Crippen LogP contribution in [0.15, 0.2) is 18.2 Å². The molecule has 0 radical (unpaired) electrons. The van der Waals surface area contributed by atoms with Crippen molar-refractivity contribution in [2.45, 2.75) is 32.6 Å². The zero-order chi connectivity index (χ0) is 17.4. The van der Waals surface area contributed by atoms with Crippen molar-refractivity contribution in [2.24, 2.45) is 0 Å². The number of nitrogens with zero attached hydrogens (tertiary/aromatic N) is 1. The summed E-state index contributed by atoms with van der Waals surface area (Å²) in [7, 11) is 1.56. The van der Waals surface area contributed by atoms with Gasteiger partial charge in [0, 0.05) is 0 Å². The number of hydrogen-bond donors (Lipinski definition) is 2. The maximum atomic E-state index is 12.0. The van der Waals surface area contributed by atoms with Crippen LogP contribution in [-0.2, 0) is 9.59 Å². The van der Waals surface area contributed by atoms with Crippen molar-refractivity contribution in [1.29, 1.82) is 0 Å². The van der Waals surface area contributed by atoms with Gasteiger partial charge in [-0.3, -0.25) is 14.5 Å². The molecule has 0 atom stereocenters. The molecule has 6 heteroatoms. The second kappa shape index (κ2) is 9.27. The molecule has 132 valence electrons. The number of carbonyl (C=O) groups is 2. The van der Waals surface area contributed by atoms with E-state index in [-0.39, 0.29) is 18.4 Å². The first-order valence-electron chi connectivity index (χ1n) is 8.52. The number of rotatable bonds is 6. The van der Waals surface area contributed by atoms with Gasteiger partial charge in [-0.25, -0.2) is 0 Å². The van der Waals surface area contributed by atoms with E-state index < -0.39 is 0 Å². The van der Waals surface area contributed by atoms with Crippen molar-refractivity contribution in [3.63, 3.8) is 0 Å². The highest BCUT2D eigenvalue weighted by Crippen LogP contribution is 2.24. The van der Waals surface area contributed by atoms with Gasteiger partial charge < -0.3 is 15.4 Å². The third kappa shape index (κ3) is 5.85. The molecule has 0 aromatic heterocycles. The predicted molar refractivity (Wildman–Crippen MR) is 94.3 cm³/mol. The number of benzene rings is 1. The predicted octanol–water partition coefficient (Wildman–Crippen LogP) is 1.93. The molecule has 2 amide bonds. The number of ether oxygens (including phenoxy) is 1. The summed E-state index contributed by atoms with van der Waals surface area (Å²) in [5.74, 6) is 0.233. The number of methoxy groups -OCH3 is 1. The van der Waals surface area contributed by atoms with Crippen molar-refractivity contribution >= 4 is 17.5 Å². The Balaban J connectivity index is 1.78. The van der Waals surface area contributed by atoms with Crippen LogP contribution in [0, 0.1) is 6.92 Å². The maximum Gasteiger partial charge on any atom is 0.243 e. The number of carbonyl (C=O) groups excluding carboxylic acids is 2. The van der Waals surface area contributed by atoms with Gasteiger partial charge in [0.25, 0.3) is 0 Å². The van der Waals surface area contributed by atoms with Crippen molar-refractivity contribution in [1.82, 2.24) is 10.2 Å². The number of anilines is 1. The zero-order valence-electron chi connectivity index (χ0n) is 14.6. The second-order valence-corrected chi connectivity index (χ2v) is 6.22. The van der Waals surface area contributed by atoms with E-state index >= 15 is 0 Å². The zero-order valence-corrected chi connectivity index (χ0v) is 14.6. The molecule has 0 unspecified atom stereocenters. The van der Waals surface area contributed by atoms with E-state index in [1.54, 1.807) is 7.11 Å². The molecule has 0 spiro atoms. The molecule has 1 fully saturated rings. The van der Waals surface area contributed by atoms with Crippen LogP contribution >= 0.6 is 0 Å². The third-order valence-electron chi connectivity index (χ3n) is 4.14. The molecular formula is C18H27N3O3. The first-order chi connectivity index (χ1) is 11.6. The molecule has 24 heavy (non-hydrogen) atoms. The standard InChI is InChI=1S/C18H27N3O3/c1-14-7-8-16(24-2)15(11-14)20-17(22)12-19-18(23)13-21-9-5-3-4-6-10-21/h7-8,11H,3-6,9-10,12-13H2,1-2H3,(H,19,23)(H,20,22). The molecule has 1 heterocycles. The molecule has 0 bridgehead atoms. The average molecular weight is 333 g/mol. The Kier molecular flexibility index (Phi) is 7.06. The Bertz CT molecular complexity index is 567. The van der Waals surface area contributed by atoms with E-state index in [2.05, 4.69) is 15.5 Å². The van der Waals surface area contributed by atoms with Gasteiger partial charge in [0.1, 0.15) is 5.75 Å². The lowest BCUT2D eigenvalue weighted by Crippen LogP contribution is -2.40. The topological polar surface area (TPSA) is 70.7 Å². The fourth-order valence-electron chi connectivity index (χ4n) is 2.85. The van der Waals surface area contributed by atoms with Gasteiger partial charge in [-0.1, -0.05) is 18.9 Å². The molecule has 1 aliphatic heterocycles. The fraction of sp³-hybridized carbons (Fsp3) is 0.556. The molecule has 2 rings (SSSR count). The minimum absolute atomic E-state index is 0.0379. The first kappa shape index (κ1) is 18.3.